The summed E-state index contributed by atoms with van der Waals surface area (Å²) in [6.45, 7) is 5.70. The molecular formula is C24H29N7O2. The minimum atomic E-state index is -0.179. The number of unbranched alkanes of at least 4 members (excludes halogenated alkanes) is 1. The molecule has 0 saturated carbocycles. The summed E-state index contributed by atoms with van der Waals surface area (Å²) >= 11 is 0. The molecule has 2 aromatic rings. The summed E-state index contributed by atoms with van der Waals surface area (Å²) in [4.78, 5) is 32.8. The molecule has 33 heavy (non-hydrogen) atoms. The monoisotopic (exact) mass is 447 g/mol. The molecular weight excluding hydrogens is 418 g/mol. The Balaban J connectivity index is 1.93. The topological polar surface area (TPSA) is 123 Å². The van der Waals surface area contributed by atoms with E-state index in [1.165, 1.54) is 4.90 Å². The van der Waals surface area contributed by atoms with Crippen LogP contribution in [-0.2, 0) is 9.59 Å². The van der Waals surface area contributed by atoms with Crippen molar-refractivity contribution in [2.75, 3.05) is 36.8 Å². The fraction of sp³-hybridized carbons (Fsp3) is 0.375. The lowest BCUT2D eigenvalue weighted by Crippen LogP contribution is -2.36. The zero-order chi connectivity index (χ0) is 23.9. The van der Waals surface area contributed by atoms with Crippen molar-refractivity contribution in [2.24, 2.45) is 0 Å². The second-order valence-corrected chi connectivity index (χ2v) is 7.12. The van der Waals surface area contributed by atoms with Gasteiger partial charge in [0.2, 0.25) is 18.3 Å². The Hall–Kier alpha value is -4.11. The van der Waals surface area contributed by atoms with Crippen LogP contribution in [0.3, 0.4) is 0 Å². The predicted molar refractivity (Wildman–Crippen MR) is 128 cm³/mol. The summed E-state index contributed by atoms with van der Waals surface area (Å²) in [5.74, 6) is 7.10. The summed E-state index contributed by atoms with van der Waals surface area (Å²) < 4.78 is 0. The molecule has 0 spiro atoms. The van der Waals surface area contributed by atoms with E-state index in [1.807, 2.05) is 6.92 Å². The van der Waals surface area contributed by atoms with Gasteiger partial charge in [0.1, 0.15) is 5.82 Å². The Morgan fingerprint density at radius 1 is 1.21 bits per heavy atom. The zero-order valence-corrected chi connectivity index (χ0v) is 19.0. The van der Waals surface area contributed by atoms with Crippen molar-refractivity contribution in [3.8, 4) is 17.9 Å². The third kappa shape index (κ3) is 8.88. The van der Waals surface area contributed by atoms with Gasteiger partial charge in [0.05, 0.1) is 29.9 Å². The number of nitrogens with zero attached hydrogens (tertiary/aromatic N) is 4. The van der Waals surface area contributed by atoms with Gasteiger partial charge < -0.3 is 20.9 Å². The predicted octanol–water partition coefficient (Wildman–Crippen LogP) is 2.64. The van der Waals surface area contributed by atoms with E-state index >= 15 is 0 Å². The minimum Gasteiger partial charge on any atom is -0.369 e. The van der Waals surface area contributed by atoms with Crippen molar-refractivity contribution < 1.29 is 9.59 Å². The average Bonchev–Trinajstić information content (AvgIpc) is 2.84. The SMILES string of the molecule is CCCNc1nc(Nc2ccc(C#N)cc2)ncc1C#CCCCNC(=O)CN(C=O)CC. The first-order valence-corrected chi connectivity index (χ1v) is 10.9. The number of aromatic nitrogens is 2. The van der Waals surface area contributed by atoms with E-state index in [2.05, 4.69) is 50.8 Å². The highest BCUT2D eigenvalue weighted by Gasteiger charge is 2.07. The van der Waals surface area contributed by atoms with Crippen molar-refractivity contribution in [2.45, 2.75) is 33.1 Å². The standard InChI is InChI=1S/C24H29N7O2/c1-3-13-27-23-20(8-6-5-7-14-26-22(33)17-31(4-2)18-32)16-28-24(30-23)29-21-11-9-19(15-25)10-12-21/h9-12,16,18H,3-5,7,13-14,17H2,1-2H3,(H,26,33)(H2,27,28,29,30). The van der Waals surface area contributed by atoms with Crippen LogP contribution in [0.2, 0.25) is 0 Å². The third-order valence-corrected chi connectivity index (χ3v) is 4.53. The highest BCUT2D eigenvalue weighted by Crippen LogP contribution is 2.17. The fourth-order valence-electron chi connectivity index (χ4n) is 2.70. The van der Waals surface area contributed by atoms with Gasteiger partial charge in [-0.1, -0.05) is 18.8 Å². The largest absolute Gasteiger partial charge is 0.369 e. The van der Waals surface area contributed by atoms with Crippen LogP contribution >= 0.6 is 0 Å². The quantitative estimate of drug-likeness (QED) is 0.260. The molecule has 2 amide bonds. The number of nitrogens with one attached hydrogen (secondary N) is 3. The molecule has 1 aromatic heterocycles. The van der Waals surface area contributed by atoms with Gasteiger partial charge in [0, 0.05) is 31.7 Å². The lowest BCUT2D eigenvalue weighted by atomic mass is 10.2. The number of anilines is 3. The molecule has 0 fully saturated rings. The second-order valence-electron chi connectivity index (χ2n) is 7.12. The summed E-state index contributed by atoms with van der Waals surface area (Å²) in [7, 11) is 0. The molecule has 1 aromatic carbocycles. The van der Waals surface area contributed by atoms with Gasteiger partial charge in [-0.15, -0.1) is 0 Å². The lowest BCUT2D eigenvalue weighted by molar-refractivity contribution is -0.127. The molecule has 0 unspecified atom stereocenters. The van der Waals surface area contributed by atoms with Crippen molar-refractivity contribution in [3.63, 3.8) is 0 Å². The maximum atomic E-state index is 11.8. The molecule has 2 rings (SSSR count). The van der Waals surface area contributed by atoms with Crippen molar-refractivity contribution in [1.82, 2.24) is 20.2 Å². The number of amides is 2. The van der Waals surface area contributed by atoms with E-state index in [0.717, 1.165) is 18.7 Å². The molecule has 3 N–H and O–H groups in total. The van der Waals surface area contributed by atoms with Gasteiger partial charge in [-0.3, -0.25) is 9.59 Å². The number of rotatable bonds is 12. The number of likely N-dealkylation sites (N-methyl/N-ethyl adjacent to an activating group) is 1. The van der Waals surface area contributed by atoms with Crippen molar-refractivity contribution >= 4 is 29.8 Å². The average molecular weight is 448 g/mol. The zero-order valence-electron chi connectivity index (χ0n) is 19.0. The molecule has 0 bridgehead atoms. The highest BCUT2D eigenvalue weighted by atomic mass is 16.2. The van der Waals surface area contributed by atoms with Crippen molar-refractivity contribution in [3.05, 3.63) is 41.6 Å². The molecule has 0 atom stereocenters. The van der Waals surface area contributed by atoms with Gasteiger partial charge in [-0.05, 0) is 44.0 Å². The van der Waals surface area contributed by atoms with Crippen LogP contribution < -0.4 is 16.0 Å². The van der Waals surface area contributed by atoms with Crippen LogP contribution in [0, 0.1) is 23.2 Å². The Morgan fingerprint density at radius 2 is 2.00 bits per heavy atom. The smallest absolute Gasteiger partial charge is 0.239 e. The third-order valence-electron chi connectivity index (χ3n) is 4.53. The highest BCUT2D eigenvalue weighted by molar-refractivity contribution is 5.79. The molecule has 0 aliphatic carbocycles. The molecule has 9 heteroatoms. The van der Waals surface area contributed by atoms with Crippen LogP contribution in [0.25, 0.3) is 0 Å². The second kappa shape index (κ2) is 14.0. The van der Waals surface area contributed by atoms with Gasteiger partial charge >= 0.3 is 0 Å². The maximum Gasteiger partial charge on any atom is 0.239 e. The van der Waals surface area contributed by atoms with Crippen LogP contribution in [0.5, 0.6) is 0 Å². The van der Waals surface area contributed by atoms with Gasteiger partial charge in [0.15, 0.2) is 0 Å². The van der Waals surface area contributed by atoms with E-state index in [1.54, 1.807) is 30.5 Å². The molecule has 0 radical (unpaired) electrons. The number of hydrogen-bond donors (Lipinski definition) is 3. The number of carbonyl (C=O) groups is 2. The normalized spacial score (nSPS) is 9.73. The van der Waals surface area contributed by atoms with E-state index < -0.39 is 0 Å². The summed E-state index contributed by atoms with van der Waals surface area (Å²) in [5, 5.41) is 18.1. The van der Waals surface area contributed by atoms with Gasteiger partial charge in [-0.25, -0.2) is 4.98 Å². The molecule has 172 valence electrons. The van der Waals surface area contributed by atoms with E-state index in [-0.39, 0.29) is 12.5 Å². The number of carbonyl (C=O) groups excluding carboxylic acids is 2. The lowest BCUT2D eigenvalue weighted by Gasteiger charge is -2.13. The van der Waals surface area contributed by atoms with Crippen LogP contribution in [0.15, 0.2) is 30.5 Å². The Labute approximate surface area is 194 Å². The Kier molecular flexibility index (Phi) is 10.7. The van der Waals surface area contributed by atoms with Crippen LogP contribution in [0.1, 0.15) is 44.2 Å². The number of nitriles is 1. The first-order valence-electron chi connectivity index (χ1n) is 10.9. The summed E-state index contributed by atoms with van der Waals surface area (Å²) in [5.41, 5.74) is 2.06. The minimum absolute atomic E-state index is 0.0678. The Morgan fingerprint density at radius 3 is 2.67 bits per heavy atom. The molecule has 0 aliphatic rings. The molecule has 0 saturated heterocycles. The Bertz CT molecular complexity index is 1020. The van der Waals surface area contributed by atoms with Gasteiger partial charge in [-0.2, -0.15) is 10.2 Å². The molecule has 0 aliphatic heterocycles. The van der Waals surface area contributed by atoms with Gasteiger partial charge in [0.25, 0.3) is 0 Å². The van der Waals surface area contributed by atoms with Crippen molar-refractivity contribution in [1.29, 1.82) is 5.26 Å². The number of benzene rings is 1. The van der Waals surface area contributed by atoms with E-state index in [4.69, 9.17) is 5.26 Å². The molecule has 9 nitrogen and oxygen atoms in total. The first kappa shape index (κ1) is 25.2. The van der Waals surface area contributed by atoms with Crippen LogP contribution in [0.4, 0.5) is 17.5 Å². The van der Waals surface area contributed by atoms with E-state index in [0.29, 0.717) is 55.2 Å². The molecule has 1 heterocycles. The van der Waals surface area contributed by atoms with Crippen LogP contribution in [-0.4, -0.2) is 53.4 Å². The number of hydrogen-bond acceptors (Lipinski definition) is 7. The van der Waals surface area contributed by atoms with E-state index in [9.17, 15) is 9.59 Å². The fourth-order valence-corrected chi connectivity index (χ4v) is 2.70. The summed E-state index contributed by atoms with van der Waals surface area (Å²) in [6, 6.07) is 9.13. The summed E-state index contributed by atoms with van der Waals surface area (Å²) in [6.07, 6.45) is 4.58. The maximum absolute atomic E-state index is 11.8. The first-order chi connectivity index (χ1) is 16.1.